The highest BCUT2D eigenvalue weighted by molar-refractivity contribution is 6.18. The molecule has 0 aliphatic heterocycles. The van der Waals surface area contributed by atoms with Crippen molar-refractivity contribution < 1.29 is 4.79 Å². The van der Waals surface area contributed by atoms with E-state index in [1.54, 1.807) is 0 Å². The summed E-state index contributed by atoms with van der Waals surface area (Å²) in [4.78, 5) is 11.7. The van der Waals surface area contributed by atoms with Gasteiger partial charge in [0.1, 0.15) is 0 Å². The predicted molar refractivity (Wildman–Crippen MR) is 68.8 cm³/mol. The molecule has 0 aromatic rings. The van der Waals surface area contributed by atoms with E-state index in [1.165, 1.54) is 12.8 Å². The lowest BCUT2D eigenvalue weighted by Gasteiger charge is -2.38. The first kappa shape index (κ1) is 13.8. The van der Waals surface area contributed by atoms with Crippen LogP contribution in [0.1, 0.15) is 58.8 Å². The van der Waals surface area contributed by atoms with Gasteiger partial charge >= 0.3 is 0 Å². The van der Waals surface area contributed by atoms with Gasteiger partial charge in [-0.3, -0.25) is 4.79 Å². The molecule has 0 heterocycles. The lowest BCUT2D eigenvalue weighted by atomic mass is 9.78. The van der Waals surface area contributed by atoms with Crippen LogP contribution in [0, 0.1) is 5.92 Å². The fraction of sp³-hybridized carbons (Fsp3) is 0.923. The monoisotopic (exact) mass is 245 g/mol. The van der Waals surface area contributed by atoms with Crippen molar-refractivity contribution in [3.63, 3.8) is 0 Å². The van der Waals surface area contributed by atoms with Crippen LogP contribution in [0.2, 0.25) is 0 Å². The van der Waals surface area contributed by atoms with Crippen molar-refractivity contribution in [2.75, 3.05) is 5.88 Å². The Morgan fingerprint density at radius 1 is 1.44 bits per heavy atom. The quantitative estimate of drug-likeness (QED) is 0.739. The summed E-state index contributed by atoms with van der Waals surface area (Å²) in [6.07, 6.45) is 7.12. The first-order valence-electron chi connectivity index (χ1n) is 6.49. The van der Waals surface area contributed by atoms with E-state index in [0.29, 0.717) is 12.3 Å². The number of nitrogens with one attached hydrogen (secondary N) is 1. The molecule has 0 bridgehead atoms. The van der Waals surface area contributed by atoms with E-state index >= 15 is 0 Å². The number of halogens is 1. The molecule has 1 fully saturated rings. The van der Waals surface area contributed by atoms with Crippen LogP contribution < -0.4 is 5.32 Å². The minimum absolute atomic E-state index is 0.112. The van der Waals surface area contributed by atoms with E-state index < -0.39 is 0 Å². The lowest BCUT2D eigenvalue weighted by molar-refractivity contribution is -0.123. The van der Waals surface area contributed by atoms with Gasteiger partial charge in [-0.15, -0.1) is 11.6 Å². The van der Waals surface area contributed by atoms with Crippen molar-refractivity contribution in [3.8, 4) is 0 Å². The number of unbranched alkanes of at least 4 members (excludes halogenated alkanes) is 1. The summed E-state index contributed by atoms with van der Waals surface area (Å²) in [7, 11) is 0. The number of carbonyl (C=O) groups is 1. The van der Waals surface area contributed by atoms with E-state index in [2.05, 4.69) is 19.2 Å². The normalized spacial score (nSPS) is 30.1. The van der Waals surface area contributed by atoms with Crippen molar-refractivity contribution in [2.24, 2.45) is 5.92 Å². The molecule has 94 valence electrons. The summed E-state index contributed by atoms with van der Waals surface area (Å²) in [5, 5.41) is 3.17. The SMILES string of the molecule is CCCCC(=O)NC1(CCl)CCC(C)CC1. The van der Waals surface area contributed by atoms with Crippen molar-refractivity contribution in [1.82, 2.24) is 5.32 Å². The number of carbonyl (C=O) groups excluding carboxylic acids is 1. The standard InChI is InChI=1S/C13H24ClNO/c1-3-4-5-12(16)15-13(10-14)8-6-11(2)7-9-13/h11H,3-10H2,1-2H3,(H,15,16). The van der Waals surface area contributed by atoms with Crippen LogP contribution in [0.25, 0.3) is 0 Å². The maximum Gasteiger partial charge on any atom is 0.220 e. The molecule has 1 amide bonds. The smallest absolute Gasteiger partial charge is 0.220 e. The van der Waals surface area contributed by atoms with Gasteiger partial charge in [0, 0.05) is 12.3 Å². The molecule has 0 aromatic heterocycles. The second kappa shape index (κ2) is 6.48. The van der Waals surface area contributed by atoms with Crippen LogP contribution in [0.4, 0.5) is 0 Å². The molecule has 1 rings (SSSR count). The molecule has 1 N–H and O–H groups in total. The first-order chi connectivity index (χ1) is 7.62. The number of amides is 1. The van der Waals surface area contributed by atoms with Gasteiger partial charge in [-0.2, -0.15) is 0 Å². The van der Waals surface area contributed by atoms with E-state index in [9.17, 15) is 4.79 Å². The highest BCUT2D eigenvalue weighted by atomic mass is 35.5. The molecular formula is C13H24ClNO. The summed E-state index contributed by atoms with van der Waals surface area (Å²) >= 11 is 6.05. The molecule has 1 aliphatic rings. The zero-order valence-corrected chi connectivity index (χ0v) is 11.3. The third kappa shape index (κ3) is 3.97. The molecule has 0 saturated heterocycles. The Kier molecular flexibility index (Phi) is 5.60. The Morgan fingerprint density at radius 2 is 2.06 bits per heavy atom. The van der Waals surface area contributed by atoms with Crippen LogP contribution in [-0.2, 0) is 4.79 Å². The Hall–Kier alpha value is -0.240. The van der Waals surface area contributed by atoms with Gasteiger partial charge in [0.15, 0.2) is 0 Å². The van der Waals surface area contributed by atoms with Crippen molar-refractivity contribution in [1.29, 1.82) is 0 Å². The van der Waals surface area contributed by atoms with Crippen molar-refractivity contribution in [2.45, 2.75) is 64.3 Å². The Balaban J connectivity index is 2.44. The Labute approximate surface area is 104 Å². The van der Waals surface area contributed by atoms with Gasteiger partial charge in [0.25, 0.3) is 0 Å². The molecule has 0 unspecified atom stereocenters. The van der Waals surface area contributed by atoms with E-state index in [1.807, 2.05) is 0 Å². The van der Waals surface area contributed by atoms with Gasteiger partial charge in [-0.1, -0.05) is 20.3 Å². The molecular weight excluding hydrogens is 222 g/mol. The summed E-state index contributed by atoms with van der Waals surface area (Å²) < 4.78 is 0. The number of hydrogen-bond donors (Lipinski definition) is 1. The van der Waals surface area contributed by atoms with Crippen molar-refractivity contribution >= 4 is 17.5 Å². The molecule has 1 aliphatic carbocycles. The summed E-state index contributed by atoms with van der Waals surface area (Å²) in [5.41, 5.74) is -0.112. The molecule has 0 radical (unpaired) electrons. The topological polar surface area (TPSA) is 29.1 Å². The molecule has 0 spiro atoms. The summed E-state index contributed by atoms with van der Waals surface area (Å²) in [6.45, 7) is 4.38. The van der Waals surface area contributed by atoms with E-state index in [4.69, 9.17) is 11.6 Å². The number of hydrogen-bond acceptors (Lipinski definition) is 1. The fourth-order valence-electron chi connectivity index (χ4n) is 2.30. The molecule has 0 atom stereocenters. The largest absolute Gasteiger partial charge is 0.349 e. The van der Waals surface area contributed by atoms with Gasteiger partial charge < -0.3 is 5.32 Å². The number of rotatable bonds is 5. The number of alkyl halides is 1. The van der Waals surface area contributed by atoms with Gasteiger partial charge in [0.05, 0.1) is 5.54 Å². The third-order valence-electron chi connectivity index (χ3n) is 3.65. The lowest BCUT2D eigenvalue weighted by Crippen LogP contribution is -2.52. The zero-order chi connectivity index (χ0) is 12.0. The van der Waals surface area contributed by atoms with Crippen LogP contribution in [0.15, 0.2) is 0 Å². The zero-order valence-electron chi connectivity index (χ0n) is 10.5. The van der Waals surface area contributed by atoms with E-state index in [-0.39, 0.29) is 11.4 Å². The Bertz CT molecular complexity index is 222. The van der Waals surface area contributed by atoms with Gasteiger partial charge in [-0.05, 0) is 38.0 Å². The molecule has 1 saturated carbocycles. The third-order valence-corrected chi connectivity index (χ3v) is 4.16. The maximum absolute atomic E-state index is 11.7. The molecule has 3 heteroatoms. The summed E-state index contributed by atoms with van der Waals surface area (Å²) in [6, 6.07) is 0. The van der Waals surface area contributed by atoms with Crippen LogP contribution >= 0.6 is 11.6 Å². The van der Waals surface area contributed by atoms with Gasteiger partial charge in [-0.25, -0.2) is 0 Å². The first-order valence-corrected chi connectivity index (χ1v) is 7.02. The minimum Gasteiger partial charge on any atom is -0.349 e. The highest BCUT2D eigenvalue weighted by Gasteiger charge is 2.34. The molecule has 0 aromatic carbocycles. The second-order valence-electron chi connectivity index (χ2n) is 5.25. The van der Waals surface area contributed by atoms with Crippen LogP contribution in [-0.4, -0.2) is 17.3 Å². The average Bonchev–Trinajstić information content (AvgIpc) is 2.30. The average molecular weight is 246 g/mol. The summed E-state index contributed by atoms with van der Waals surface area (Å²) in [5.74, 6) is 1.51. The fourth-order valence-corrected chi connectivity index (χ4v) is 2.64. The van der Waals surface area contributed by atoms with Crippen LogP contribution in [0.3, 0.4) is 0 Å². The van der Waals surface area contributed by atoms with Crippen molar-refractivity contribution in [3.05, 3.63) is 0 Å². The molecule has 2 nitrogen and oxygen atoms in total. The van der Waals surface area contributed by atoms with E-state index in [0.717, 1.165) is 31.6 Å². The maximum atomic E-state index is 11.7. The second-order valence-corrected chi connectivity index (χ2v) is 5.52. The predicted octanol–water partition coefficient (Wildman–Crippen LogP) is 3.48. The Morgan fingerprint density at radius 3 is 2.56 bits per heavy atom. The molecule has 16 heavy (non-hydrogen) atoms. The van der Waals surface area contributed by atoms with Gasteiger partial charge in [0.2, 0.25) is 5.91 Å². The highest BCUT2D eigenvalue weighted by Crippen LogP contribution is 2.32. The van der Waals surface area contributed by atoms with Crippen LogP contribution in [0.5, 0.6) is 0 Å². The minimum atomic E-state index is -0.112.